The fourth-order valence-corrected chi connectivity index (χ4v) is 2.01. The highest BCUT2D eigenvalue weighted by atomic mass is 16.7. The van der Waals surface area contributed by atoms with Gasteiger partial charge < -0.3 is 18.6 Å². The number of fused-ring (bicyclic) bond motifs is 1. The maximum absolute atomic E-state index is 5.33. The fraction of sp³-hybridized carbons (Fsp3) is 0.154. The Labute approximate surface area is 113 Å². The third-order valence-corrected chi connectivity index (χ3v) is 2.97. The quantitative estimate of drug-likeness (QED) is 0.721. The van der Waals surface area contributed by atoms with Gasteiger partial charge in [0.1, 0.15) is 0 Å². The molecular formula is C13H10N4O3. The molecule has 1 aromatic carbocycles. The predicted octanol–water partition coefficient (Wildman–Crippen LogP) is 1.71. The first-order chi connectivity index (χ1) is 9.88. The van der Waals surface area contributed by atoms with Gasteiger partial charge in [-0.2, -0.15) is 4.98 Å². The van der Waals surface area contributed by atoms with Gasteiger partial charge in [-0.1, -0.05) is 5.16 Å². The molecule has 0 bridgehead atoms. The molecule has 2 aromatic heterocycles. The van der Waals surface area contributed by atoms with E-state index in [0.29, 0.717) is 24.0 Å². The molecule has 0 N–H and O–H groups in total. The second-order valence-electron chi connectivity index (χ2n) is 4.32. The van der Waals surface area contributed by atoms with E-state index >= 15 is 0 Å². The fourth-order valence-electron chi connectivity index (χ4n) is 2.01. The second-order valence-corrected chi connectivity index (χ2v) is 4.32. The molecule has 1 aliphatic heterocycles. The molecule has 20 heavy (non-hydrogen) atoms. The molecular weight excluding hydrogens is 260 g/mol. The molecule has 100 valence electrons. The summed E-state index contributed by atoms with van der Waals surface area (Å²) in [4.78, 5) is 8.33. The minimum atomic E-state index is 0.245. The molecule has 0 aliphatic carbocycles. The number of rotatable bonds is 3. The second kappa shape index (κ2) is 4.37. The van der Waals surface area contributed by atoms with Crippen molar-refractivity contribution in [1.29, 1.82) is 0 Å². The SMILES string of the molecule is c1cn(Cc2noc(-c3ccc4c(c3)OCO4)n2)cn1. The van der Waals surface area contributed by atoms with Gasteiger partial charge in [-0.25, -0.2) is 4.98 Å². The number of benzene rings is 1. The Morgan fingerprint density at radius 3 is 3.05 bits per heavy atom. The van der Waals surface area contributed by atoms with Crippen LogP contribution in [-0.2, 0) is 6.54 Å². The molecule has 1 aliphatic rings. The first-order valence-electron chi connectivity index (χ1n) is 6.07. The molecule has 0 radical (unpaired) electrons. The largest absolute Gasteiger partial charge is 0.454 e. The van der Waals surface area contributed by atoms with Gasteiger partial charge in [0.2, 0.25) is 6.79 Å². The number of hydrogen-bond donors (Lipinski definition) is 0. The Bertz CT molecular complexity index is 736. The van der Waals surface area contributed by atoms with Crippen LogP contribution in [0.4, 0.5) is 0 Å². The monoisotopic (exact) mass is 270 g/mol. The number of nitrogens with zero attached hydrogens (tertiary/aromatic N) is 4. The summed E-state index contributed by atoms with van der Waals surface area (Å²) in [6.07, 6.45) is 5.26. The van der Waals surface area contributed by atoms with E-state index in [9.17, 15) is 0 Å². The van der Waals surface area contributed by atoms with Gasteiger partial charge in [0, 0.05) is 18.0 Å². The standard InChI is InChI=1S/C13H10N4O3/c1-2-10-11(19-8-18-10)5-9(1)13-15-12(16-20-13)6-17-4-3-14-7-17/h1-5,7H,6,8H2. The van der Waals surface area contributed by atoms with Crippen molar-refractivity contribution < 1.29 is 14.0 Å². The van der Waals surface area contributed by atoms with E-state index in [1.807, 2.05) is 29.0 Å². The number of ether oxygens (including phenoxy) is 2. The minimum absolute atomic E-state index is 0.245. The van der Waals surface area contributed by atoms with Gasteiger partial charge in [-0.15, -0.1) is 0 Å². The summed E-state index contributed by atoms with van der Waals surface area (Å²) in [7, 11) is 0. The van der Waals surface area contributed by atoms with Gasteiger partial charge in [-0.05, 0) is 18.2 Å². The van der Waals surface area contributed by atoms with Gasteiger partial charge in [0.05, 0.1) is 12.9 Å². The first-order valence-corrected chi connectivity index (χ1v) is 6.07. The normalized spacial score (nSPS) is 12.8. The summed E-state index contributed by atoms with van der Waals surface area (Å²) in [5, 5.41) is 3.95. The van der Waals surface area contributed by atoms with Crippen LogP contribution >= 0.6 is 0 Å². The third-order valence-electron chi connectivity index (χ3n) is 2.97. The lowest BCUT2D eigenvalue weighted by Crippen LogP contribution is -1.98. The highest BCUT2D eigenvalue weighted by molar-refractivity contribution is 5.60. The van der Waals surface area contributed by atoms with Crippen molar-refractivity contribution in [3.8, 4) is 23.0 Å². The van der Waals surface area contributed by atoms with Gasteiger partial charge in [0.25, 0.3) is 5.89 Å². The average Bonchev–Trinajstić information content (AvgIpc) is 3.19. The van der Waals surface area contributed by atoms with E-state index in [2.05, 4.69) is 15.1 Å². The van der Waals surface area contributed by atoms with E-state index in [-0.39, 0.29) is 6.79 Å². The molecule has 3 heterocycles. The topological polar surface area (TPSA) is 75.2 Å². The van der Waals surface area contributed by atoms with Crippen molar-refractivity contribution in [1.82, 2.24) is 19.7 Å². The molecule has 0 atom stereocenters. The molecule has 0 spiro atoms. The average molecular weight is 270 g/mol. The zero-order chi connectivity index (χ0) is 13.4. The van der Waals surface area contributed by atoms with Crippen LogP contribution in [0.3, 0.4) is 0 Å². The summed E-state index contributed by atoms with van der Waals surface area (Å²) < 4.78 is 17.7. The zero-order valence-electron chi connectivity index (χ0n) is 10.4. The van der Waals surface area contributed by atoms with Crippen LogP contribution in [0.15, 0.2) is 41.4 Å². The lowest BCUT2D eigenvalue weighted by Gasteiger charge is -1.97. The Hall–Kier alpha value is -2.83. The van der Waals surface area contributed by atoms with E-state index in [4.69, 9.17) is 14.0 Å². The smallest absolute Gasteiger partial charge is 0.258 e. The molecule has 0 amide bonds. The lowest BCUT2D eigenvalue weighted by atomic mass is 10.2. The van der Waals surface area contributed by atoms with Crippen molar-refractivity contribution in [2.45, 2.75) is 6.54 Å². The molecule has 0 saturated heterocycles. The van der Waals surface area contributed by atoms with Crippen LogP contribution in [-0.4, -0.2) is 26.5 Å². The van der Waals surface area contributed by atoms with Crippen LogP contribution in [0.25, 0.3) is 11.5 Å². The van der Waals surface area contributed by atoms with Gasteiger partial charge >= 0.3 is 0 Å². The summed E-state index contributed by atoms with van der Waals surface area (Å²) in [5.41, 5.74) is 0.804. The van der Waals surface area contributed by atoms with Crippen LogP contribution in [0.2, 0.25) is 0 Å². The summed E-state index contributed by atoms with van der Waals surface area (Å²) in [6.45, 7) is 0.766. The van der Waals surface area contributed by atoms with Gasteiger partial charge in [0.15, 0.2) is 17.3 Å². The lowest BCUT2D eigenvalue weighted by molar-refractivity contribution is 0.174. The molecule has 3 aromatic rings. The van der Waals surface area contributed by atoms with Gasteiger partial charge in [-0.3, -0.25) is 0 Å². The Balaban J connectivity index is 1.61. The van der Waals surface area contributed by atoms with Crippen molar-refractivity contribution >= 4 is 0 Å². The maximum Gasteiger partial charge on any atom is 0.258 e. The predicted molar refractivity (Wildman–Crippen MR) is 67.2 cm³/mol. The zero-order valence-corrected chi connectivity index (χ0v) is 10.4. The highest BCUT2D eigenvalue weighted by Gasteiger charge is 2.16. The molecule has 0 unspecified atom stereocenters. The van der Waals surface area contributed by atoms with Crippen LogP contribution < -0.4 is 9.47 Å². The van der Waals surface area contributed by atoms with Crippen molar-refractivity contribution in [3.63, 3.8) is 0 Å². The van der Waals surface area contributed by atoms with E-state index in [1.54, 1.807) is 12.5 Å². The summed E-state index contributed by atoms with van der Waals surface area (Å²) in [6, 6.07) is 5.52. The molecule has 0 saturated carbocycles. The van der Waals surface area contributed by atoms with E-state index in [1.165, 1.54) is 0 Å². The van der Waals surface area contributed by atoms with Crippen molar-refractivity contribution in [3.05, 3.63) is 42.7 Å². The maximum atomic E-state index is 5.33. The molecule has 7 nitrogen and oxygen atoms in total. The van der Waals surface area contributed by atoms with Crippen molar-refractivity contribution in [2.75, 3.05) is 6.79 Å². The first kappa shape index (κ1) is 11.0. The molecule has 7 heteroatoms. The Morgan fingerprint density at radius 2 is 2.15 bits per heavy atom. The number of aromatic nitrogens is 4. The van der Waals surface area contributed by atoms with Crippen LogP contribution in [0.5, 0.6) is 11.5 Å². The molecule has 0 fully saturated rings. The third kappa shape index (κ3) is 1.89. The van der Waals surface area contributed by atoms with E-state index < -0.39 is 0 Å². The highest BCUT2D eigenvalue weighted by Crippen LogP contribution is 2.35. The van der Waals surface area contributed by atoms with Crippen LogP contribution in [0, 0.1) is 0 Å². The Morgan fingerprint density at radius 1 is 1.20 bits per heavy atom. The Kier molecular flexibility index (Phi) is 2.41. The summed E-state index contributed by atoms with van der Waals surface area (Å²) in [5.74, 6) is 2.47. The summed E-state index contributed by atoms with van der Waals surface area (Å²) >= 11 is 0. The van der Waals surface area contributed by atoms with Crippen LogP contribution in [0.1, 0.15) is 5.82 Å². The number of imidazole rings is 1. The van der Waals surface area contributed by atoms with E-state index in [0.717, 1.165) is 11.3 Å². The minimum Gasteiger partial charge on any atom is -0.454 e. The molecule has 4 rings (SSSR count). The number of hydrogen-bond acceptors (Lipinski definition) is 6. The van der Waals surface area contributed by atoms with Crippen molar-refractivity contribution in [2.24, 2.45) is 0 Å².